The van der Waals surface area contributed by atoms with Crippen LogP contribution in [-0.4, -0.2) is 15.5 Å². The minimum Gasteiger partial charge on any atom is -0.396 e. The lowest BCUT2D eigenvalue weighted by Gasteiger charge is -2.12. The fourth-order valence-electron chi connectivity index (χ4n) is 2.48. The fraction of sp³-hybridized carbons (Fsp3) is 0.357. The Morgan fingerprint density at radius 1 is 1.39 bits per heavy atom. The molecule has 1 aliphatic heterocycles. The Morgan fingerprint density at radius 3 is 2.89 bits per heavy atom. The van der Waals surface area contributed by atoms with E-state index < -0.39 is 0 Å². The molecule has 0 saturated heterocycles. The summed E-state index contributed by atoms with van der Waals surface area (Å²) in [6.07, 6.45) is 0. The number of rotatable bonds is 2. The minimum atomic E-state index is 0.545. The van der Waals surface area contributed by atoms with Gasteiger partial charge in [0.1, 0.15) is 0 Å². The maximum Gasteiger partial charge on any atom is 0.0825 e. The summed E-state index contributed by atoms with van der Waals surface area (Å²) in [7, 11) is 0. The number of aromatic nitrogens is 2. The first-order chi connectivity index (χ1) is 8.66. The van der Waals surface area contributed by atoms with Gasteiger partial charge in [-0.3, -0.25) is 4.68 Å². The number of hydrogen-bond acceptors (Lipinski definition) is 3. The summed E-state index contributed by atoms with van der Waals surface area (Å²) in [5, 5.41) is 4.53. The summed E-state index contributed by atoms with van der Waals surface area (Å²) in [4.78, 5) is 1.41. The van der Waals surface area contributed by atoms with Crippen LogP contribution in [0.3, 0.4) is 0 Å². The molecule has 94 valence electrons. The SMILES string of the molecule is Cc1nn(CC2CSc3ccccc32)c(C)c1N. The third-order valence-corrected chi connectivity index (χ3v) is 4.88. The van der Waals surface area contributed by atoms with Gasteiger partial charge in [-0.15, -0.1) is 11.8 Å². The van der Waals surface area contributed by atoms with Crippen LogP contribution in [-0.2, 0) is 6.54 Å². The van der Waals surface area contributed by atoms with E-state index >= 15 is 0 Å². The third-order valence-electron chi connectivity index (χ3n) is 3.63. The van der Waals surface area contributed by atoms with Crippen molar-refractivity contribution in [2.45, 2.75) is 31.2 Å². The lowest BCUT2D eigenvalue weighted by Crippen LogP contribution is -2.11. The van der Waals surface area contributed by atoms with Crippen LogP contribution in [0.5, 0.6) is 0 Å². The van der Waals surface area contributed by atoms with Crippen molar-refractivity contribution in [3.63, 3.8) is 0 Å². The van der Waals surface area contributed by atoms with E-state index in [4.69, 9.17) is 5.73 Å². The summed E-state index contributed by atoms with van der Waals surface area (Å²) in [5.41, 5.74) is 10.3. The first-order valence-corrected chi connectivity index (χ1v) is 7.16. The van der Waals surface area contributed by atoms with Gasteiger partial charge < -0.3 is 5.73 Å². The van der Waals surface area contributed by atoms with Crippen molar-refractivity contribution in [2.75, 3.05) is 11.5 Å². The smallest absolute Gasteiger partial charge is 0.0825 e. The van der Waals surface area contributed by atoms with Crippen molar-refractivity contribution in [1.29, 1.82) is 0 Å². The summed E-state index contributed by atoms with van der Waals surface area (Å²) in [6.45, 7) is 4.94. The van der Waals surface area contributed by atoms with Gasteiger partial charge in [-0.25, -0.2) is 0 Å². The van der Waals surface area contributed by atoms with Gasteiger partial charge in [0.25, 0.3) is 0 Å². The van der Waals surface area contributed by atoms with Gasteiger partial charge in [0, 0.05) is 23.1 Å². The van der Waals surface area contributed by atoms with Crippen molar-refractivity contribution in [2.24, 2.45) is 0 Å². The first-order valence-electron chi connectivity index (χ1n) is 6.18. The summed E-state index contributed by atoms with van der Waals surface area (Å²) < 4.78 is 2.05. The van der Waals surface area contributed by atoms with E-state index in [1.54, 1.807) is 0 Å². The van der Waals surface area contributed by atoms with Crippen LogP contribution >= 0.6 is 11.8 Å². The second-order valence-corrected chi connectivity index (χ2v) is 5.87. The fourth-order valence-corrected chi connectivity index (χ4v) is 3.72. The summed E-state index contributed by atoms with van der Waals surface area (Å²) in [6, 6.07) is 8.66. The largest absolute Gasteiger partial charge is 0.396 e. The number of nitrogens with zero attached hydrogens (tertiary/aromatic N) is 2. The molecule has 4 heteroatoms. The summed E-state index contributed by atoms with van der Waals surface area (Å²) >= 11 is 1.94. The van der Waals surface area contributed by atoms with Gasteiger partial charge >= 0.3 is 0 Å². The van der Waals surface area contributed by atoms with Gasteiger partial charge in [-0.1, -0.05) is 18.2 Å². The van der Waals surface area contributed by atoms with Crippen molar-refractivity contribution in [1.82, 2.24) is 9.78 Å². The number of hydrogen-bond donors (Lipinski definition) is 1. The maximum atomic E-state index is 5.98. The van der Waals surface area contributed by atoms with E-state index in [1.165, 1.54) is 10.5 Å². The highest BCUT2D eigenvalue weighted by molar-refractivity contribution is 7.99. The molecule has 0 saturated carbocycles. The average molecular weight is 259 g/mol. The summed E-state index contributed by atoms with van der Waals surface area (Å²) in [5.74, 6) is 1.68. The van der Waals surface area contributed by atoms with Gasteiger partial charge in [0.15, 0.2) is 0 Å². The highest BCUT2D eigenvalue weighted by Gasteiger charge is 2.24. The maximum absolute atomic E-state index is 5.98. The number of thioether (sulfide) groups is 1. The normalized spacial score (nSPS) is 18.0. The molecule has 0 amide bonds. The van der Waals surface area contributed by atoms with Gasteiger partial charge in [0.05, 0.1) is 17.1 Å². The molecule has 0 radical (unpaired) electrons. The van der Waals surface area contributed by atoms with Gasteiger partial charge in [-0.2, -0.15) is 5.10 Å². The van der Waals surface area contributed by atoms with E-state index in [1.807, 2.05) is 25.6 Å². The predicted molar refractivity (Wildman–Crippen MR) is 76.0 cm³/mol. The molecule has 0 fully saturated rings. The molecule has 0 bridgehead atoms. The Balaban J connectivity index is 1.88. The molecule has 0 spiro atoms. The van der Waals surface area contributed by atoms with Crippen molar-refractivity contribution < 1.29 is 0 Å². The van der Waals surface area contributed by atoms with Crippen LogP contribution in [0.15, 0.2) is 29.2 Å². The zero-order valence-corrected chi connectivity index (χ0v) is 11.5. The van der Waals surface area contributed by atoms with Crippen molar-refractivity contribution in [3.8, 4) is 0 Å². The Hall–Kier alpha value is -1.42. The van der Waals surface area contributed by atoms with E-state index in [-0.39, 0.29) is 0 Å². The molecular weight excluding hydrogens is 242 g/mol. The first kappa shape index (κ1) is 11.7. The van der Waals surface area contributed by atoms with E-state index in [2.05, 4.69) is 34.0 Å². The van der Waals surface area contributed by atoms with Crippen molar-refractivity contribution >= 4 is 17.4 Å². The second-order valence-electron chi connectivity index (χ2n) is 4.81. The molecule has 1 aromatic heterocycles. The highest BCUT2D eigenvalue weighted by atomic mass is 32.2. The quantitative estimate of drug-likeness (QED) is 0.901. The molecule has 1 aliphatic rings. The predicted octanol–water partition coefficient (Wildman–Crippen LogP) is 2.97. The lowest BCUT2D eigenvalue weighted by molar-refractivity contribution is 0.535. The van der Waals surface area contributed by atoms with Crippen LogP contribution in [0.1, 0.15) is 22.9 Å². The number of nitrogen functional groups attached to an aromatic ring is 1. The van der Waals surface area contributed by atoms with E-state index in [0.29, 0.717) is 5.92 Å². The molecule has 3 rings (SSSR count). The second kappa shape index (κ2) is 4.35. The number of nitrogens with two attached hydrogens (primary N) is 1. The monoisotopic (exact) mass is 259 g/mol. The molecule has 1 unspecified atom stereocenters. The van der Waals surface area contributed by atoms with Crippen LogP contribution < -0.4 is 5.73 Å². The molecule has 2 aromatic rings. The highest BCUT2D eigenvalue weighted by Crippen LogP contribution is 2.40. The number of benzene rings is 1. The topological polar surface area (TPSA) is 43.8 Å². The minimum absolute atomic E-state index is 0.545. The van der Waals surface area contributed by atoms with E-state index in [9.17, 15) is 0 Å². The van der Waals surface area contributed by atoms with Gasteiger partial charge in [0.2, 0.25) is 0 Å². The molecule has 2 heterocycles. The molecular formula is C14H17N3S. The number of anilines is 1. The standard InChI is InChI=1S/C14H17N3S/c1-9-14(15)10(2)17(16-9)7-11-8-18-13-6-4-3-5-12(11)13/h3-6,11H,7-8,15H2,1-2H3. The molecule has 1 aromatic carbocycles. The Morgan fingerprint density at radius 2 is 2.17 bits per heavy atom. The zero-order chi connectivity index (χ0) is 12.7. The average Bonchev–Trinajstić information content (AvgIpc) is 2.89. The number of fused-ring (bicyclic) bond motifs is 1. The Bertz CT molecular complexity index is 589. The van der Waals surface area contributed by atoms with Gasteiger partial charge in [-0.05, 0) is 25.5 Å². The Kier molecular flexibility index (Phi) is 2.82. The van der Waals surface area contributed by atoms with Crippen molar-refractivity contribution in [3.05, 3.63) is 41.2 Å². The molecule has 1 atom stereocenters. The molecule has 0 aliphatic carbocycles. The number of aryl methyl sites for hydroxylation is 1. The van der Waals surface area contributed by atoms with Crippen LogP contribution in [0.4, 0.5) is 5.69 Å². The third kappa shape index (κ3) is 1.81. The zero-order valence-electron chi connectivity index (χ0n) is 10.7. The Labute approximate surface area is 111 Å². The molecule has 2 N–H and O–H groups in total. The molecule has 18 heavy (non-hydrogen) atoms. The molecule has 3 nitrogen and oxygen atoms in total. The lowest BCUT2D eigenvalue weighted by atomic mass is 10.0. The van der Waals surface area contributed by atoms with E-state index in [0.717, 1.165) is 29.4 Å². The van der Waals surface area contributed by atoms with Crippen LogP contribution in [0.25, 0.3) is 0 Å². The van der Waals surface area contributed by atoms with Crippen LogP contribution in [0.2, 0.25) is 0 Å². The van der Waals surface area contributed by atoms with Crippen LogP contribution in [0, 0.1) is 13.8 Å².